The van der Waals surface area contributed by atoms with Crippen molar-refractivity contribution in [2.24, 2.45) is 0 Å². The summed E-state index contributed by atoms with van der Waals surface area (Å²) >= 11 is 0. The van der Waals surface area contributed by atoms with Crippen LogP contribution in [0.15, 0.2) is 28.7 Å². The van der Waals surface area contributed by atoms with E-state index in [-0.39, 0.29) is 28.5 Å². The van der Waals surface area contributed by atoms with Crippen molar-refractivity contribution in [2.75, 3.05) is 5.73 Å². The second-order valence-corrected chi connectivity index (χ2v) is 4.05. The molecular formula is C13H12F3NO2. The number of alkyl halides is 3. The molecule has 0 amide bonds. The molecule has 0 radical (unpaired) electrons. The summed E-state index contributed by atoms with van der Waals surface area (Å²) in [5.74, 6) is -0.0436. The van der Waals surface area contributed by atoms with Crippen molar-refractivity contribution in [1.29, 1.82) is 0 Å². The first-order valence-electron chi connectivity index (χ1n) is 5.62. The first-order valence-corrected chi connectivity index (χ1v) is 5.62. The predicted molar refractivity (Wildman–Crippen MR) is 64.6 cm³/mol. The van der Waals surface area contributed by atoms with Gasteiger partial charge in [-0.05, 0) is 17.7 Å². The lowest BCUT2D eigenvalue weighted by Crippen LogP contribution is -2.04. The molecule has 3 N–H and O–H groups in total. The summed E-state index contributed by atoms with van der Waals surface area (Å²) in [5.41, 5.74) is 5.07. The van der Waals surface area contributed by atoms with Crippen LogP contribution < -0.4 is 5.73 Å². The van der Waals surface area contributed by atoms with E-state index in [2.05, 4.69) is 0 Å². The maximum atomic E-state index is 12.6. The zero-order valence-corrected chi connectivity index (χ0v) is 10.1. The highest BCUT2D eigenvalue weighted by molar-refractivity contribution is 5.80. The molecule has 0 atom stereocenters. The van der Waals surface area contributed by atoms with E-state index in [0.29, 0.717) is 6.42 Å². The minimum atomic E-state index is -4.45. The minimum Gasteiger partial charge on any atom is -0.504 e. The number of benzene rings is 1. The van der Waals surface area contributed by atoms with E-state index in [1.54, 1.807) is 6.92 Å². The highest BCUT2D eigenvalue weighted by atomic mass is 19.4. The Morgan fingerprint density at radius 2 is 2.00 bits per heavy atom. The standard InChI is InChI=1S/C13H12F3NO2/c1-2-9-11(18)10(12(17)19-9)7-4-3-5-8(6-7)13(14,15)16/h3-6,18H,2,17H2,1H3. The van der Waals surface area contributed by atoms with Crippen LogP contribution in [0.2, 0.25) is 0 Å². The van der Waals surface area contributed by atoms with Gasteiger partial charge in [0.2, 0.25) is 5.88 Å². The van der Waals surface area contributed by atoms with Crippen LogP contribution >= 0.6 is 0 Å². The Balaban J connectivity index is 2.57. The largest absolute Gasteiger partial charge is 0.504 e. The van der Waals surface area contributed by atoms with Crippen molar-refractivity contribution in [1.82, 2.24) is 0 Å². The summed E-state index contributed by atoms with van der Waals surface area (Å²) in [7, 11) is 0. The fraction of sp³-hybridized carbons (Fsp3) is 0.231. The van der Waals surface area contributed by atoms with Gasteiger partial charge in [-0.1, -0.05) is 19.1 Å². The van der Waals surface area contributed by atoms with E-state index in [1.165, 1.54) is 12.1 Å². The number of anilines is 1. The Kier molecular flexibility index (Phi) is 3.18. The van der Waals surface area contributed by atoms with Crippen molar-refractivity contribution < 1.29 is 22.7 Å². The van der Waals surface area contributed by atoms with Crippen LogP contribution in [0.1, 0.15) is 18.2 Å². The SMILES string of the molecule is CCc1oc(N)c(-c2cccc(C(F)(F)F)c2)c1O. The van der Waals surface area contributed by atoms with Gasteiger partial charge in [0, 0.05) is 6.42 Å². The number of halogens is 3. The molecular weight excluding hydrogens is 259 g/mol. The van der Waals surface area contributed by atoms with Crippen molar-refractivity contribution in [3.63, 3.8) is 0 Å². The van der Waals surface area contributed by atoms with Crippen LogP contribution in [0.4, 0.5) is 19.1 Å². The molecule has 2 rings (SSSR count). The monoisotopic (exact) mass is 271 g/mol. The predicted octanol–water partition coefficient (Wildman–Crippen LogP) is 3.82. The first-order chi connectivity index (χ1) is 8.84. The number of rotatable bonds is 2. The molecule has 1 heterocycles. The molecule has 102 valence electrons. The number of nitrogens with two attached hydrogens (primary N) is 1. The van der Waals surface area contributed by atoms with Crippen molar-refractivity contribution in [3.8, 4) is 16.9 Å². The van der Waals surface area contributed by atoms with Crippen molar-refractivity contribution in [2.45, 2.75) is 19.5 Å². The third-order valence-corrected chi connectivity index (χ3v) is 2.78. The number of hydrogen-bond acceptors (Lipinski definition) is 3. The highest BCUT2D eigenvalue weighted by Crippen LogP contribution is 2.41. The molecule has 0 unspecified atom stereocenters. The van der Waals surface area contributed by atoms with Gasteiger partial charge in [-0.3, -0.25) is 0 Å². The van der Waals surface area contributed by atoms with Crippen molar-refractivity contribution >= 4 is 5.88 Å². The minimum absolute atomic E-state index is 0.0892. The van der Waals surface area contributed by atoms with Crippen LogP contribution in [0.25, 0.3) is 11.1 Å². The van der Waals surface area contributed by atoms with E-state index in [1.807, 2.05) is 0 Å². The van der Waals surface area contributed by atoms with Gasteiger partial charge in [0.05, 0.1) is 11.1 Å². The van der Waals surface area contributed by atoms with E-state index in [4.69, 9.17) is 10.2 Å². The molecule has 0 aliphatic rings. The molecule has 0 saturated carbocycles. The number of nitrogen functional groups attached to an aromatic ring is 1. The Morgan fingerprint density at radius 1 is 1.32 bits per heavy atom. The molecule has 0 aliphatic carbocycles. The van der Waals surface area contributed by atoms with E-state index >= 15 is 0 Å². The van der Waals surface area contributed by atoms with E-state index in [9.17, 15) is 18.3 Å². The zero-order chi connectivity index (χ0) is 14.2. The van der Waals surface area contributed by atoms with E-state index < -0.39 is 11.7 Å². The van der Waals surface area contributed by atoms with Gasteiger partial charge in [0.1, 0.15) is 5.76 Å². The topological polar surface area (TPSA) is 59.4 Å². The summed E-state index contributed by atoms with van der Waals surface area (Å²) in [6.07, 6.45) is -4.05. The summed E-state index contributed by atoms with van der Waals surface area (Å²) in [4.78, 5) is 0. The van der Waals surface area contributed by atoms with Crippen molar-refractivity contribution in [3.05, 3.63) is 35.6 Å². The first kappa shape index (κ1) is 13.3. The van der Waals surface area contributed by atoms with Gasteiger partial charge >= 0.3 is 6.18 Å². The Labute approximate surface area is 107 Å². The van der Waals surface area contributed by atoms with Gasteiger partial charge in [-0.2, -0.15) is 13.2 Å². The van der Waals surface area contributed by atoms with Gasteiger partial charge in [0.25, 0.3) is 0 Å². The van der Waals surface area contributed by atoms with Crippen LogP contribution in [0, 0.1) is 0 Å². The van der Waals surface area contributed by atoms with Crippen LogP contribution in [0.3, 0.4) is 0 Å². The van der Waals surface area contributed by atoms with Crippen LogP contribution in [0.5, 0.6) is 5.75 Å². The average molecular weight is 271 g/mol. The molecule has 0 saturated heterocycles. The molecule has 0 fully saturated rings. The molecule has 0 bridgehead atoms. The Hall–Kier alpha value is -2.11. The molecule has 0 aliphatic heterocycles. The second kappa shape index (κ2) is 4.53. The normalized spacial score (nSPS) is 11.8. The fourth-order valence-electron chi connectivity index (χ4n) is 1.86. The summed E-state index contributed by atoms with van der Waals surface area (Å²) in [6, 6.07) is 4.59. The zero-order valence-electron chi connectivity index (χ0n) is 10.1. The number of aryl methyl sites for hydroxylation is 1. The lowest BCUT2D eigenvalue weighted by Gasteiger charge is -2.08. The smallest absolute Gasteiger partial charge is 0.416 e. The van der Waals surface area contributed by atoms with Gasteiger partial charge in [-0.15, -0.1) is 0 Å². The summed E-state index contributed by atoms with van der Waals surface area (Å²) < 4.78 is 43.0. The van der Waals surface area contributed by atoms with Crippen LogP contribution in [-0.2, 0) is 12.6 Å². The van der Waals surface area contributed by atoms with Gasteiger partial charge in [-0.25, -0.2) is 0 Å². The molecule has 3 nitrogen and oxygen atoms in total. The maximum Gasteiger partial charge on any atom is 0.416 e. The summed E-state index contributed by atoms with van der Waals surface area (Å²) in [6.45, 7) is 1.74. The van der Waals surface area contributed by atoms with Gasteiger partial charge in [0.15, 0.2) is 5.75 Å². The Bertz CT molecular complexity index is 602. The molecule has 2 aromatic rings. The third-order valence-electron chi connectivity index (χ3n) is 2.78. The highest BCUT2D eigenvalue weighted by Gasteiger charge is 2.31. The van der Waals surface area contributed by atoms with E-state index in [0.717, 1.165) is 12.1 Å². The quantitative estimate of drug-likeness (QED) is 0.873. The molecule has 0 spiro atoms. The fourth-order valence-corrected chi connectivity index (χ4v) is 1.86. The molecule has 19 heavy (non-hydrogen) atoms. The lowest BCUT2D eigenvalue weighted by atomic mass is 10.0. The lowest BCUT2D eigenvalue weighted by molar-refractivity contribution is -0.137. The number of furan rings is 1. The summed E-state index contributed by atoms with van der Waals surface area (Å²) in [5, 5.41) is 9.90. The third kappa shape index (κ3) is 2.38. The second-order valence-electron chi connectivity index (χ2n) is 4.05. The Morgan fingerprint density at radius 3 is 2.53 bits per heavy atom. The maximum absolute atomic E-state index is 12.6. The number of hydrogen-bond donors (Lipinski definition) is 2. The molecule has 1 aromatic carbocycles. The number of aromatic hydroxyl groups is 1. The molecule has 1 aromatic heterocycles. The van der Waals surface area contributed by atoms with Crippen LogP contribution in [-0.4, -0.2) is 5.11 Å². The van der Waals surface area contributed by atoms with Gasteiger partial charge < -0.3 is 15.3 Å². The average Bonchev–Trinajstić information content (AvgIpc) is 2.63. The molecule has 6 heteroatoms.